The van der Waals surface area contributed by atoms with Crippen molar-refractivity contribution in [3.8, 4) is 0 Å². The summed E-state index contributed by atoms with van der Waals surface area (Å²) in [5, 5.41) is 0. The minimum Gasteiger partial charge on any atom is -0.398 e. The van der Waals surface area contributed by atoms with Gasteiger partial charge in [-0.05, 0) is 37.6 Å². The molecule has 0 aromatic heterocycles. The maximum atomic E-state index is 12.6. The van der Waals surface area contributed by atoms with Gasteiger partial charge in [0, 0.05) is 11.3 Å². The van der Waals surface area contributed by atoms with E-state index in [1.807, 2.05) is 19.9 Å². The maximum Gasteiger partial charge on any atom is 0.125 e. The van der Waals surface area contributed by atoms with Crippen molar-refractivity contribution in [1.29, 1.82) is 0 Å². The highest BCUT2D eigenvalue weighted by Gasteiger charge is 2.00. The van der Waals surface area contributed by atoms with E-state index in [0.29, 0.717) is 5.69 Å². The van der Waals surface area contributed by atoms with Crippen molar-refractivity contribution in [3.05, 3.63) is 35.7 Å². The van der Waals surface area contributed by atoms with Gasteiger partial charge in [0.2, 0.25) is 0 Å². The minimum absolute atomic E-state index is 0.292. The highest BCUT2D eigenvalue weighted by atomic mass is 19.1. The van der Waals surface area contributed by atoms with Gasteiger partial charge < -0.3 is 5.73 Å². The van der Waals surface area contributed by atoms with Crippen molar-refractivity contribution < 1.29 is 4.39 Å². The van der Waals surface area contributed by atoms with Crippen LogP contribution >= 0.6 is 0 Å². The molecular formula is C10H12FN. The van der Waals surface area contributed by atoms with Crippen molar-refractivity contribution in [2.75, 3.05) is 5.73 Å². The van der Waals surface area contributed by atoms with Gasteiger partial charge in [-0.25, -0.2) is 4.39 Å². The number of nitrogen functional groups attached to an aromatic ring is 1. The van der Waals surface area contributed by atoms with Crippen LogP contribution in [-0.4, -0.2) is 0 Å². The third kappa shape index (κ3) is 1.64. The molecule has 0 heterocycles. The quantitative estimate of drug-likeness (QED) is 0.636. The van der Waals surface area contributed by atoms with Gasteiger partial charge in [-0.15, -0.1) is 0 Å². The number of halogens is 1. The summed E-state index contributed by atoms with van der Waals surface area (Å²) in [7, 11) is 0. The van der Waals surface area contributed by atoms with Gasteiger partial charge >= 0.3 is 0 Å². The molecule has 2 heteroatoms. The largest absolute Gasteiger partial charge is 0.398 e. The first-order valence-electron chi connectivity index (χ1n) is 3.83. The molecular weight excluding hydrogens is 153 g/mol. The van der Waals surface area contributed by atoms with E-state index < -0.39 is 0 Å². The van der Waals surface area contributed by atoms with Crippen molar-refractivity contribution in [3.63, 3.8) is 0 Å². The number of benzene rings is 1. The monoisotopic (exact) mass is 165 g/mol. The van der Waals surface area contributed by atoms with Crippen molar-refractivity contribution in [2.45, 2.75) is 13.8 Å². The number of hydrogen-bond acceptors (Lipinski definition) is 1. The van der Waals surface area contributed by atoms with Crippen LogP contribution < -0.4 is 5.73 Å². The summed E-state index contributed by atoms with van der Waals surface area (Å²) in [5.74, 6) is -0.292. The summed E-state index contributed by atoms with van der Waals surface area (Å²) in [5.41, 5.74) is 8.07. The Kier molecular flexibility index (Phi) is 2.48. The molecule has 0 bridgehead atoms. The number of allylic oxidation sites excluding steroid dienone is 2. The molecule has 1 aromatic rings. The molecule has 0 atom stereocenters. The first kappa shape index (κ1) is 8.78. The van der Waals surface area contributed by atoms with Gasteiger partial charge in [-0.3, -0.25) is 0 Å². The predicted octanol–water partition coefficient (Wildman–Crippen LogP) is 2.83. The van der Waals surface area contributed by atoms with Crippen LogP contribution in [0.2, 0.25) is 0 Å². The molecule has 1 rings (SSSR count). The highest BCUT2D eigenvalue weighted by molar-refractivity contribution is 5.73. The van der Waals surface area contributed by atoms with Crippen molar-refractivity contribution in [2.24, 2.45) is 0 Å². The summed E-state index contributed by atoms with van der Waals surface area (Å²) in [4.78, 5) is 0. The molecule has 1 aromatic carbocycles. The second-order valence-electron chi connectivity index (χ2n) is 2.70. The molecule has 0 aliphatic heterocycles. The summed E-state index contributed by atoms with van der Waals surface area (Å²) in [6, 6.07) is 4.45. The van der Waals surface area contributed by atoms with Gasteiger partial charge in [0.15, 0.2) is 0 Å². The van der Waals surface area contributed by atoms with Crippen LogP contribution in [0.5, 0.6) is 0 Å². The van der Waals surface area contributed by atoms with E-state index >= 15 is 0 Å². The van der Waals surface area contributed by atoms with E-state index in [4.69, 9.17) is 5.73 Å². The molecule has 0 amide bonds. The number of nitrogens with two attached hydrogens (primary N) is 1. The Morgan fingerprint density at radius 2 is 2.17 bits per heavy atom. The molecule has 0 fully saturated rings. The zero-order chi connectivity index (χ0) is 9.14. The lowest BCUT2D eigenvalue weighted by molar-refractivity contribution is 0.628. The standard InChI is InChI=1S/C10H12FN/c1-3-7(2)9-5-4-8(11)6-10(9)12/h3-6H,12H2,1-2H3/b7-3+. The van der Waals surface area contributed by atoms with E-state index in [2.05, 4.69) is 0 Å². The van der Waals surface area contributed by atoms with Crippen LogP contribution in [0.1, 0.15) is 19.4 Å². The molecule has 0 saturated heterocycles. The SMILES string of the molecule is C/C=C(\C)c1ccc(F)cc1N. The van der Waals surface area contributed by atoms with Crippen LogP contribution in [0.25, 0.3) is 5.57 Å². The fraction of sp³-hybridized carbons (Fsp3) is 0.200. The smallest absolute Gasteiger partial charge is 0.125 e. The molecule has 0 spiro atoms. The maximum absolute atomic E-state index is 12.6. The molecule has 2 N–H and O–H groups in total. The molecule has 0 radical (unpaired) electrons. The van der Waals surface area contributed by atoms with Gasteiger partial charge in [-0.2, -0.15) is 0 Å². The van der Waals surface area contributed by atoms with Gasteiger partial charge in [0.25, 0.3) is 0 Å². The van der Waals surface area contributed by atoms with E-state index in [1.165, 1.54) is 12.1 Å². The zero-order valence-corrected chi connectivity index (χ0v) is 7.26. The van der Waals surface area contributed by atoms with Gasteiger partial charge in [-0.1, -0.05) is 6.08 Å². The fourth-order valence-corrected chi connectivity index (χ4v) is 1.05. The average Bonchev–Trinajstić information content (AvgIpc) is 2.03. The van der Waals surface area contributed by atoms with E-state index in [1.54, 1.807) is 6.07 Å². The Labute approximate surface area is 71.7 Å². The third-order valence-electron chi connectivity index (χ3n) is 1.87. The topological polar surface area (TPSA) is 26.0 Å². The zero-order valence-electron chi connectivity index (χ0n) is 7.26. The van der Waals surface area contributed by atoms with Crippen LogP contribution in [0.15, 0.2) is 24.3 Å². The fourth-order valence-electron chi connectivity index (χ4n) is 1.05. The highest BCUT2D eigenvalue weighted by Crippen LogP contribution is 2.21. The number of hydrogen-bond donors (Lipinski definition) is 1. The summed E-state index contributed by atoms with van der Waals surface area (Å²) >= 11 is 0. The second-order valence-corrected chi connectivity index (χ2v) is 2.70. The van der Waals surface area contributed by atoms with Gasteiger partial charge in [0.1, 0.15) is 5.82 Å². The van der Waals surface area contributed by atoms with Crippen LogP contribution in [0.4, 0.5) is 10.1 Å². The Bertz CT molecular complexity index is 316. The molecule has 0 aliphatic rings. The average molecular weight is 165 g/mol. The second kappa shape index (κ2) is 3.39. The summed E-state index contributed by atoms with van der Waals surface area (Å²) < 4.78 is 12.6. The Morgan fingerprint density at radius 3 is 2.67 bits per heavy atom. The summed E-state index contributed by atoms with van der Waals surface area (Å²) in [6.07, 6.45) is 1.95. The van der Waals surface area contributed by atoms with Crippen LogP contribution in [0, 0.1) is 5.82 Å². The lowest BCUT2D eigenvalue weighted by atomic mass is 10.1. The van der Waals surface area contributed by atoms with Crippen molar-refractivity contribution in [1.82, 2.24) is 0 Å². The molecule has 0 aliphatic carbocycles. The lowest BCUT2D eigenvalue weighted by Gasteiger charge is -2.04. The van der Waals surface area contributed by atoms with Gasteiger partial charge in [0.05, 0.1) is 0 Å². The third-order valence-corrected chi connectivity index (χ3v) is 1.87. The van der Waals surface area contributed by atoms with E-state index in [9.17, 15) is 4.39 Å². The first-order chi connectivity index (χ1) is 5.65. The Morgan fingerprint density at radius 1 is 1.50 bits per heavy atom. The molecule has 12 heavy (non-hydrogen) atoms. The molecule has 1 nitrogen and oxygen atoms in total. The Balaban J connectivity index is 3.18. The Hall–Kier alpha value is -1.31. The number of rotatable bonds is 1. The van der Waals surface area contributed by atoms with E-state index in [0.717, 1.165) is 11.1 Å². The van der Waals surface area contributed by atoms with Crippen molar-refractivity contribution >= 4 is 11.3 Å². The predicted molar refractivity (Wildman–Crippen MR) is 50.1 cm³/mol. The van der Waals surface area contributed by atoms with E-state index in [-0.39, 0.29) is 5.82 Å². The van der Waals surface area contributed by atoms with Crippen LogP contribution in [-0.2, 0) is 0 Å². The minimum atomic E-state index is -0.292. The normalized spacial score (nSPS) is 11.8. The number of anilines is 1. The molecule has 64 valence electrons. The molecule has 0 unspecified atom stereocenters. The first-order valence-corrected chi connectivity index (χ1v) is 3.83. The summed E-state index contributed by atoms with van der Waals surface area (Å²) in [6.45, 7) is 3.88. The molecule has 0 saturated carbocycles. The lowest BCUT2D eigenvalue weighted by Crippen LogP contribution is -1.92. The van der Waals surface area contributed by atoms with Crippen LogP contribution in [0.3, 0.4) is 0 Å².